The molecule has 1 atom stereocenters. The summed E-state index contributed by atoms with van der Waals surface area (Å²) in [6, 6.07) is 6.85. The summed E-state index contributed by atoms with van der Waals surface area (Å²) < 4.78 is 38.4. The van der Waals surface area contributed by atoms with Gasteiger partial charge in [-0.15, -0.1) is 0 Å². The van der Waals surface area contributed by atoms with Gasteiger partial charge in [-0.25, -0.2) is 17.1 Å². The molecule has 22 heavy (non-hydrogen) atoms. The predicted octanol–water partition coefficient (Wildman–Crippen LogP) is 1.97. The number of piperidine rings is 1. The third kappa shape index (κ3) is 5.04. The normalized spacial score (nSPS) is 20.5. The predicted molar refractivity (Wildman–Crippen MR) is 86.7 cm³/mol. The maximum Gasteiger partial charge on any atom is 0.211 e. The molecular formula is C16H25FN2O2S. The summed E-state index contributed by atoms with van der Waals surface area (Å²) in [6.07, 6.45) is 3.91. The van der Waals surface area contributed by atoms with E-state index < -0.39 is 10.0 Å². The van der Waals surface area contributed by atoms with Crippen molar-refractivity contribution in [2.24, 2.45) is 5.92 Å². The van der Waals surface area contributed by atoms with E-state index in [1.54, 1.807) is 10.4 Å². The molecule has 0 amide bonds. The Morgan fingerprint density at radius 2 is 2.09 bits per heavy atom. The first-order valence-electron chi connectivity index (χ1n) is 7.73. The third-order valence-corrected chi connectivity index (χ3v) is 5.51. The van der Waals surface area contributed by atoms with Crippen LogP contribution in [0.3, 0.4) is 0 Å². The topological polar surface area (TPSA) is 40.6 Å². The van der Waals surface area contributed by atoms with Crippen molar-refractivity contribution in [3.63, 3.8) is 0 Å². The molecule has 1 saturated heterocycles. The Morgan fingerprint density at radius 3 is 2.77 bits per heavy atom. The van der Waals surface area contributed by atoms with Crippen LogP contribution in [0, 0.1) is 11.7 Å². The summed E-state index contributed by atoms with van der Waals surface area (Å²) in [5.74, 6) is 0.200. The van der Waals surface area contributed by atoms with Gasteiger partial charge in [-0.3, -0.25) is 0 Å². The number of hydrogen-bond acceptors (Lipinski definition) is 3. The number of likely N-dealkylation sites (N-methyl/N-ethyl adjacent to an activating group) is 1. The van der Waals surface area contributed by atoms with E-state index in [0.29, 0.717) is 25.4 Å². The van der Waals surface area contributed by atoms with Gasteiger partial charge >= 0.3 is 0 Å². The lowest BCUT2D eigenvalue weighted by atomic mass is 9.99. The molecule has 2 rings (SSSR count). The van der Waals surface area contributed by atoms with Gasteiger partial charge in [-0.2, -0.15) is 0 Å². The maximum atomic E-state index is 13.6. The van der Waals surface area contributed by atoms with E-state index in [9.17, 15) is 12.8 Å². The first kappa shape index (κ1) is 17.4. The van der Waals surface area contributed by atoms with Crippen LogP contribution in [0.1, 0.15) is 18.4 Å². The first-order chi connectivity index (χ1) is 10.4. The molecule has 0 radical (unpaired) electrons. The lowest BCUT2D eigenvalue weighted by Crippen LogP contribution is -2.42. The average molecular weight is 328 g/mol. The van der Waals surface area contributed by atoms with Crippen LogP contribution in [-0.2, 0) is 16.4 Å². The molecule has 0 N–H and O–H groups in total. The SMILES string of the molecule is CN(CCc1ccccc1F)C[C@@H]1CCCN(S(C)(=O)=O)C1. The molecule has 0 aromatic heterocycles. The number of rotatable bonds is 6. The van der Waals surface area contributed by atoms with Crippen LogP contribution < -0.4 is 0 Å². The van der Waals surface area contributed by atoms with E-state index >= 15 is 0 Å². The molecule has 124 valence electrons. The van der Waals surface area contributed by atoms with E-state index in [1.165, 1.54) is 12.3 Å². The Labute approximate surface area is 133 Å². The highest BCUT2D eigenvalue weighted by molar-refractivity contribution is 7.88. The highest BCUT2D eigenvalue weighted by Gasteiger charge is 2.26. The standard InChI is InChI=1S/C16H25FN2O2S/c1-18(11-9-15-7-3-4-8-16(15)17)12-14-6-5-10-19(13-14)22(2,20)21/h3-4,7-8,14H,5-6,9-13H2,1-2H3/t14-/m0/s1. The van der Waals surface area contributed by atoms with E-state index in [2.05, 4.69) is 4.90 Å². The third-order valence-electron chi connectivity index (χ3n) is 4.24. The molecule has 0 bridgehead atoms. The first-order valence-corrected chi connectivity index (χ1v) is 9.58. The quantitative estimate of drug-likeness (QED) is 0.802. The minimum Gasteiger partial charge on any atom is -0.306 e. The smallest absolute Gasteiger partial charge is 0.211 e. The van der Waals surface area contributed by atoms with Crippen molar-refractivity contribution >= 4 is 10.0 Å². The summed E-state index contributed by atoms with van der Waals surface area (Å²) in [4.78, 5) is 2.17. The fourth-order valence-electron chi connectivity index (χ4n) is 3.02. The van der Waals surface area contributed by atoms with Gasteiger partial charge in [0.25, 0.3) is 0 Å². The van der Waals surface area contributed by atoms with Gasteiger partial charge in [0.1, 0.15) is 5.82 Å². The number of sulfonamides is 1. The lowest BCUT2D eigenvalue weighted by molar-refractivity contribution is 0.201. The molecule has 1 heterocycles. The van der Waals surface area contributed by atoms with Crippen molar-refractivity contribution in [3.8, 4) is 0 Å². The van der Waals surface area contributed by atoms with Crippen LogP contribution in [0.15, 0.2) is 24.3 Å². The Morgan fingerprint density at radius 1 is 1.36 bits per heavy atom. The monoisotopic (exact) mass is 328 g/mol. The molecule has 1 aromatic carbocycles. The van der Waals surface area contributed by atoms with E-state index in [4.69, 9.17) is 0 Å². The minimum atomic E-state index is -3.09. The molecule has 1 aliphatic rings. The van der Waals surface area contributed by atoms with Gasteiger partial charge in [-0.05, 0) is 43.9 Å². The zero-order chi connectivity index (χ0) is 16.2. The van der Waals surface area contributed by atoms with E-state index in [1.807, 2.05) is 19.2 Å². The van der Waals surface area contributed by atoms with Gasteiger partial charge in [0.15, 0.2) is 0 Å². The number of hydrogen-bond donors (Lipinski definition) is 0. The van der Waals surface area contributed by atoms with Gasteiger partial charge in [-0.1, -0.05) is 18.2 Å². The van der Waals surface area contributed by atoms with Gasteiger partial charge in [0, 0.05) is 26.2 Å². The average Bonchev–Trinajstić information content (AvgIpc) is 2.46. The molecule has 0 unspecified atom stereocenters. The van der Waals surface area contributed by atoms with Crippen molar-refractivity contribution in [2.75, 3.05) is 39.5 Å². The molecule has 1 aliphatic heterocycles. The van der Waals surface area contributed by atoms with Crippen molar-refractivity contribution in [2.45, 2.75) is 19.3 Å². The Bertz CT molecular complexity index is 592. The summed E-state index contributed by atoms with van der Waals surface area (Å²) in [7, 11) is -1.08. The lowest BCUT2D eigenvalue weighted by Gasteiger charge is -2.33. The van der Waals surface area contributed by atoms with Gasteiger partial charge < -0.3 is 4.90 Å². The molecule has 0 saturated carbocycles. The molecule has 0 aliphatic carbocycles. The van der Waals surface area contributed by atoms with Crippen LogP contribution in [0.25, 0.3) is 0 Å². The van der Waals surface area contributed by atoms with Crippen LogP contribution in [0.4, 0.5) is 4.39 Å². The second kappa shape index (κ2) is 7.53. The summed E-state index contributed by atoms with van der Waals surface area (Å²) >= 11 is 0. The fraction of sp³-hybridized carbons (Fsp3) is 0.625. The molecule has 4 nitrogen and oxygen atoms in total. The molecule has 1 fully saturated rings. The van der Waals surface area contributed by atoms with Crippen LogP contribution in [0.5, 0.6) is 0 Å². The summed E-state index contributed by atoms with van der Waals surface area (Å²) in [5.41, 5.74) is 0.732. The second-order valence-electron chi connectivity index (χ2n) is 6.23. The fourth-order valence-corrected chi connectivity index (χ4v) is 3.96. The second-order valence-corrected chi connectivity index (χ2v) is 8.22. The Hall–Kier alpha value is -0.980. The minimum absolute atomic E-state index is 0.156. The molecule has 1 aromatic rings. The number of benzene rings is 1. The van der Waals surface area contributed by atoms with Crippen LogP contribution >= 0.6 is 0 Å². The van der Waals surface area contributed by atoms with E-state index in [0.717, 1.165) is 31.5 Å². The molecule has 6 heteroatoms. The van der Waals surface area contributed by atoms with Gasteiger partial charge in [0.05, 0.1) is 6.26 Å². The maximum absolute atomic E-state index is 13.6. The Balaban J connectivity index is 1.82. The van der Waals surface area contributed by atoms with Crippen molar-refractivity contribution < 1.29 is 12.8 Å². The zero-order valence-electron chi connectivity index (χ0n) is 13.3. The molecule has 0 spiro atoms. The largest absolute Gasteiger partial charge is 0.306 e. The summed E-state index contributed by atoms with van der Waals surface area (Å²) in [6.45, 7) is 2.86. The highest BCUT2D eigenvalue weighted by Crippen LogP contribution is 2.19. The summed E-state index contributed by atoms with van der Waals surface area (Å²) in [5, 5.41) is 0. The van der Waals surface area contributed by atoms with Crippen LogP contribution in [-0.4, -0.2) is 57.1 Å². The zero-order valence-corrected chi connectivity index (χ0v) is 14.2. The van der Waals surface area contributed by atoms with Crippen LogP contribution in [0.2, 0.25) is 0 Å². The van der Waals surface area contributed by atoms with Crippen molar-refractivity contribution in [1.29, 1.82) is 0 Å². The number of nitrogens with zero attached hydrogens (tertiary/aromatic N) is 2. The van der Waals surface area contributed by atoms with Gasteiger partial charge in [0.2, 0.25) is 10.0 Å². The van der Waals surface area contributed by atoms with Crippen molar-refractivity contribution in [1.82, 2.24) is 9.21 Å². The Kier molecular flexibility index (Phi) is 5.94. The number of halogens is 1. The molecular weight excluding hydrogens is 303 g/mol. The van der Waals surface area contributed by atoms with E-state index in [-0.39, 0.29) is 5.82 Å². The van der Waals surface area contributed by atoms with Crippen molar-refractivity contribution in [3.05, 3.63) is 35.6 Å². The highest BCUT2D eigenvalue weighted by atomic mass is 32.2.